The van der Waals surface area contributed by atoms with Gasteiger partial charge in [0.2, 0.25) is 9.84 Å². The molecule has 0 spiro atoms. The van der Waals surface area contributed by atoms with E-state index in [-0.39, 0.29) is 17.7 Å². The maximum absolute atomic E-state index is 12.4. The second kappa shape index (κ2) is 5.94. The normalized spacial score (nSPS) is 28.5. The Balaban J connectivity index is 2.27. The smallest absolute Gasteiger partial charge is 0.205 e. The lowest BCUT2D eigenvalue weighted by Gasteiger charge is -2.29. The molecule has 1 aliphatic rings. The number of hydrogen-bond donors (Lipinski definition) is 3. The molecule has 0 aromatic heterocycles. The molecule has 3 atom stereocenters. The van der Waals surface area contributed by atoms with Crippen LogP contribution in [0.4, 0.5) is 0 Å². The van der Waals surface area contributed by atoms with Gasteiger partial charge in [-0.2, -0.15) is 0 Å². The van der Waals surface area contributed by atoms with Crippen molar-refractivity contribution in [1.82, 2.24) is 0 Å². The van der Waals surface area contributed by atoms with Gasteiger partial charge in [-0.3, -0.25) is 0 Å². The zero-order valence-electron chi connectivity index (χ0n) is 10.4. The van der Waals surface area contributed by atoms with Gasteiger partial charge in [-0.25, -0.2) is 8.42 Å². The standard InChI is InChI=1S/C12H15BrO5S2/c13-8-1-3-9(4-2-8)20(16,17)10-5-6-12(7-14,18-10)11(15)19/h1-4,10-11,14-15,19H,5-7H2/t10?,11?,12-/m0/s1. The lowest BCUT2D eigenvalue weighted by atomic mass is 10.0. The molecule has 1 aliphatic heterocycles. The lowest BCUT2D eigenvalue weighted by Crippen LogP contribution is -2.43. The minimum Gasteiger partial charge on any atom is -0.393 e. The van der Waals surface area contributed by atoms with E-state index in [4.69, 9.17) is 4.74 Å². The molecule has 2 rings (SSSR count). The highest BCUT2D eigenvalue weighted by Crippen LogP contribution is 2.38. The summed E-state index contributed by atoms with van der Waals surface area (Å²) in [6, 6.07) is 6.24. The number of rotatable bonds is 4. The van der Waals surface area contributed by atoms with Crippen molar-refractivity contribution in [1.29, 1.82) is 0 Å². The number of ether oxygens (including phenoxy) is 1. The van der Waals surface area contributed by atoms with E-state index in [1.165, 1.54) is 12.1 Å². The molecular weight excluding hydrogens is 368 g/mol. The molecule has 1 aromatic rings. The van der Waals surface area contributed by atoms with E-state index in [0.29, 0.717) is 0 Å². The molecular formula is C12H15BrO5S2. The van der Waals surface area contributed by atoms with Gasteiger partial charge < -0.3 is 14.9 Å². The fourth-order valence-corrected chi connectivity index (χ4v) is 4.23. The Bertz CT molecular complexity index is 572. The minimum absolute atomic E-state index is 0.146. The van der Waals surface area contributed by atoms with Crippen LogP contribution in [0.3, 0.4) is 0 Å². The third-order valence-electron chi connectivity index (χ3n) is 3.40. The fourth-order valence-electron chi connectivity index (χ4n) is 2.12. The van der Waals surface area contributed by atoms with Gasteiger partial charge >= 0.3 is 0 Å². The van der Waals surface area contributed by atoms with E-state index in [1.54, 1.807) is 12.1 Å². The van der Waals surface area contributed by atoms with Crippen molar-refractivity contribution in [2.75, 3.05) is 6.61 Å². The Kier molecular flexibility index (Phi) is 4.83. The molecule has 0 aliphatic carbocycles. The summed E-state index contributed by atoms with van der Waals surface area (Å²) in [4.78, 5) is 0.146. The summed E-state index contributed by atoms with van der Waals surface area (Å²) in [5.74, 6) is 0. The Hall–Kier alpha value is -0.120. The lowest BCUT2D eigenvalue weighted by molar-refractivity contribution is -0.0937. The first kappa shape index (κ1) is 16.3. The van der Waals surface area contributed by atoms with E-state index in [2.05, 4.69) is 28.6 Å². The van der Waals surface area contributed by atoms with Crippen LogP contribution in [-0.4, -0.2) is 41.7 Å². The van der Waals surface area contributed by atoms with Crippen LogP contribution < -0.4 is 0 Å². The van der Waals surface area contributed by atoms with Gasteiger partial charge in [0.25, 0.3) is 0 Å². The molecule has 112 valence electrons. The van der Waals surface area contributed by atoms with Crippen molar-refractivity contribution in [3.63, 3.8) is 0 Å². The number of hydrogen-bond acceptors (Lipinski definition) is 6. The Morgan fingerprint density at radius 2 is 2.05 bits per heavy atom. The van der Waals surface area contributed by atoms with Crippen LogP contribution in [0, 0.1) is 0 Å². The predicted molar refractivity (Wildman–Crippen MR) is 80.2 cm³/mol. The minimum atomic E-state index is -3.67. The van der Waals surface area contributed by atoms with Crippen LogP contribution >= 0.6 is 28.6 Å². The van der Waals surface area contributed by atoms with E-state index < -0.39 is 32.9 Å². The van der Waals surface area contributed by atoms with Crippen LogP contribution in [0.5, 0.6) is 0 Å². The van der Waals surface area contributed by atoms with Crippen molar-refractivity contribution in [2.45, 2.75) is 34.2 Å². The molecule has 2 N–H and O–H groups in total. The number of halogens is 1. The van der Waals surface area contributed by atoms with E-state index in [9.17, 15) is 18.6 Å². The number of aliphatic hydroxyl groups is 2. The Labute approximate surface area is 131 Å². The van der Waals surface area contributed by atoms with Crippen LogP contribution in [0.25, 0.3) is 0 Å². The van der Waals surface area contributed by atoms with Gasteiger partial charge in [0.1, 0.15) is 11.0 Å². The molecule has 8 heteroatoms. The summed E-state index contributed by atoms with van der Waals surface area (Å²) in [5, 5.41) is 18.9. The third kappa shape index (κ3) is 2.90. The maximum atomic E-state index is 12.4. The second-order valence-electron chi connectivity index (χ2n) is 4.68. The largest absolute Gasteiger partial charge is 0.393 e. The van der Waals surface area contributed by atoms with Crippen LogP contribution in [0.2, 0.25) is 0 Å². The van der Waals surface area contributed by atoms with Crippen molar-refractivity contribution in [2.24, 2.45) is 0 Å². The summed E-state index contributed by atoms with van der Waals surface area (Å²) in [6.45, 7) is -0.482. The summed E-state index contributed by atoms with van der Waals surface area (Å²) >= 11 is 7.11. The van der Waals surface area contributed by atoms with E-state index >= 15 is 0 Å². The Morgan fingerprint density at radius 1 is 1.45 bits per heavy atom. The monoisotopic (exact) mass is 382 g/mol. The highest BCUT2D eigenvalue weighted by molar-refractivity contribution is 9.10. The van der Waals surface area contributed by atoms with Crippen LogP contribution in [0.15, 0.2) is 33.6 Å². The van der Waals surface area contributed by atoms with Gasteiger partial charge in [-0.05, 0) is 37.1 Å². The molecule has 20 heavy (non-hydrogen) atoms. The van der Waals surface area contributed by atoms with Crippen molar-refractivity contribution in [3.8, 4) is 0 Å². The first-order chi connectivity index (χ1) is 9.32. The SMILES string of the molecule is O=S(=O)(c1ccc(Br)cc1)C1CC[C@](CO)(C(O)S)O1. The molecule has 2 unspecified atom stereocenters. The highest BCUT2D eigenvalue weighted by atomic mass is 79.9. The maximum Gasteiger partial charge on any atom is 0.205 e. The van der Waals surface area contributed by atoms with Crippen molar-refractivity contribution in [3.05, 3.63) is 28.7 Å². The first-order valence-electron chi connectivity index (χ1n) is 5.96. The average molecular weight is 383 g/mol. The molecule has 0 radical (unpaired) electrons. The second-order valence-corrected chi connectivity index (χ2v) is 8.17. The van der Waals surface area contributed by atoms with Gasteiger partial charge in [-0.15, -0.1) is 12.6 Å². The third-order valence-corrected chi connectivity index (χ3v) is 6.35. The van der Waals surface area contributed by atoms with Crippen molar-refractivity contribution < 1.29 is 23.4 Å². The highest BCUT2D eigenvalue weighted by Gasteiger charge is 2.48. The molecule has 0 saturated carbocycles. The number of thiol groups is 1. The average Bonchev–Trinajstić information content (AvgIpc) is 2.85. The quantitative estimate of drug-likeness (QED) is 0.540. The molecule has 1 fully saturated rings. The summed E-state index contributed by atoms with van der Waals surface area (Å²) < 4.78 is 31.1. The van der Waals surface area contributed by atoms with E-state index in [0.717, 1.165) is 4.47 Å². The number of aliphatic hydroxyl groups excluding tert-OH is 2. The zero-order valence-corrected chi connectivity index (χ0v) is 13.7. The van der Waals surface area contributed by atoms with Crippen LogP contribution in [0.1, 0.15) is 12.8 Å². The zero-order chi connectivity index (χ0) is 15.0. The molecule has 1 heterocycles. The topological polar surface area (TPSA) is 83.8 Å². The molecule has 0 bridgehead atoms. The summed E-state index contributed by atoms with van der Waals surface area (Å²) in [5.41, 5.74) is -3.65. The van der Waals surface area contributed by atoms with Gasteiger partial charge in [0.15, 0.2) is 5.44 Å². The summed E-state index contributed by atoms with van der Waals surface area (Å²) in [6.07, 6.45) is 0.436. The van der Waals surface area contributed by atoms with Gasteiger partial charge in [-0.1, -0.05) is 15.9 Å². The fraction of sp³-hybridized carbons (Fsp3) is 0.500. The molecule has 0 amide bonds. The van der Waals surface area contributed by atoms with Crippen molar-refractivity contribution >= 4 is 38.4 Å². The molecule has 1 saturated heterocycles. The summed E-state index contributed by atoms with van der Waals surface area (Å²) in [7, 11) is -3.67. The number of benzene rings is 1. The molecule has 1 aromatic carbocycles. The first-order valence-corrected chi connectivity index (χ1v) is 8.82. The van der Waals surface area contributed by atoms with Crippen LogP contribution in [-0.2, 0) is 14.6 Å². The van der Waals surface area contributed by atoms with E-state index in [1.807, 2.05) is 0 Å². The number of sulfone groups is 1. The Morgan fingerprint density at radius 3 is 2.50 bits per heavy atom. The van der Waals surface area contributed by atoms with Gasteiger partial charge in [0.05, 0.1) is 11.5 Å². The molecule has 5 nitrogen and oxygen atoms in total. The predicted octanol–water partition coefficient (Wildman–Crippen LogP) is 1.34. The van der Waals surface area contributed by atoms with Gasteiger partial charge in [0, 0.05) is 4.47 Å².